The summed E-state index contributed by atoms with van der Waals surface area (Å²) in [5.74, 6) is 0.410. The molecule has 5 heteroatoms. The minimum absolute atomic E-state index is 0.210. The summed E-state index contributed by atoms with van der Waals surface area (Å²) in [7, 11) is 0. The normalized spacial score (nSPS) is 13.0. The molecule has 0 unspecified atom stereocenters. The first-order valence-electron chi connectivity index (χ1n) is 9.44. The Morgan fingerprint density at radius 1 is 0.786 bits per heavy atom. The van der Waals surface area contributed by atoms with Crippen molar-refractivity contribution in [2.75, 3.05) is 13.2 Å². The molecule has 1 heterocycles. The third kappa shape index (κ3) is 5.08. The van der Waals surface area contributed by atoms with Gasteiger partial charge in [0, 0.05) is 18.7 Å². The fraction of sp³-hybridized carbons (Fsp3) is 0.261. The van der Waals surface area contributed by atoms with Gasteiger partial charge in [-0.25, -0.2) is 0 Å². The average molecular weight is 374 g/mol. The highest BCUT2D eigenvalue weighted by molar-refractivity contribution is 6.12. The zero-order valence-electron chi connectivity index (χ0n) is 15.6. The summed E-state index contributed by atoms with van der Waals surface area (Å²) >= 11 is 0. The number of rotatable bonds is 9. The van der Waals surface area contributed by atoms with Gasteiger partial charge in [0.05, 0.1) is 18.2 Å². The zero-order valence-corrected chi connectivity index (χ0v) is 15.6. The molecule has 0 saturated carbocycles. The van der Waals surface area contributed by atoms with Crippen LogP contribution < -0.4 is 4.74 Å². The molecule has 2 aromatic carbocycles. The van der Waals surface area contributed by atoms with Crippen LogP contribution in [0.15, 0.2) is 60.7 Å². The Hall–Kier alpha value is -3.39. The number of hydrogen-bond acceptors (Lipinski definition) is 4. The number of hydrogen-bond donors (Lipinski definition) is 0. The minimum Gasteiger partial charge on any atom is -0.494 e. The van der Waals surface area contributed by atoms with Crippen LogP contribution in [-0.2, 0) is 9.59 Å². The van der Waals surface area contributed by atoms with Crippen LogP contribution in [0.4, 0.5) is 0 Å². The number of nitriles is 1. The van der Waals surface area contributed by atoms with Crippen LogP contribution in [0.25, 0.3) is 11.1 Å². The largest absolute Gasteiger partial charge is 0.494 e. The SMILES string of the molecule is N#Cc1ccc(-c2ccc(OCCCCCCN3C(=O)C=CC3=O)cc2)cc1. The van der Waals surface area contributed by atoms with Gasteiger partial charge in [0.1, 0.15) is 5.75 Å². The van der Waals surface area contributed by atoms with Crippen molar-refractivity contribution in [1.82, 2.24) is 4.90 Å². The summed E-state index contributed by atoms with van der Waals surface area (Å²) < 4.78 is 5.78. The molecule has 28 heavy (non-hydrogen) atoms. The lowest BCUT2D eigenvalue weighted by molar-refractivity contribution is -0.136. The van der Waals surface area contributed by atoms with Crippen molar-refractivity contribution in [1.29, 1.82) is 5.26 Å². The lowest BCUT2D eigenvalue weighted by Crippen LogP contribution is -2.30. The molecule has 1 aliphatic rings. The van der Waals surface area contributed by atoms with Gasteiger partial charge in [0.2, 0.25) is 0 Å². The average Bonchev–Trinajstić information content (AvgIpc) is 3.05. The summed E-state index contributed by atoms with van der Waals surface area (Å²) in [6.07, 6.45) is 6.34. The first kappa shape index (κ1) is 19.4. The highest BCUT2D eigenvalue weighted by Gasteiger charge is 2.21. The van der Waals surface area contributed by atoms with Crippen molar-refractivity contribution < 1.29 is 14.3 Å². The summed E-state index contributed by atoms with van der Waals surface area (Å²) in [6, 6.07) is 17.5. The number of amides is 2. The van der Waals surface area contributed by atoms with Gasteiger partial charge in [-0.1, -0.05) is 37.1 Å². The van der Waals surface area contributed by atoms with Gasteiger partial charge in [0.25, 0.3) is 11.8 Å². The van der Waals surface area contributed by atoms with Crippen LogP contribution in [-0.4, -0.2) is 29.9 Å². The summed E-state index contributed by atoms with van der Waals surface area (Å²) in [5, 5.41) is 8.86. The van der Waals surface area contributed by atoms with E-state index in [4.69, 9.17) is 10.00 Å². The molecular weight excluding hydrogens is 352 g/mol. The predicted octanol–water partition coefficient (Wildman–Crippen LogP) is 4.09. The Balaban J connectivity index is 1.33. The number of unbranched alkanes of at least 4 members (excludes halogenated alkanes) is 3. The quantitative estimate of drug-likeness (QED) is 0.490. The Labute approximate surface area is 164 Å². The van der Waals surface area contributed by atoms with Gasteiger partial charge in [-0.05, 0) is 48.2 Å². The number of carbonyl (C=O) groups is 2. The molecule has 0 bridgehead atoms. The van der Waals surface area contributed by atoms with E-state index in [0.717, 1.165) is 42.6 Å². The van der Waals surface area contributed by atoms with E-state index in [1.165, 1.54) is 17.1 Å². The molecule has 0 aromatic heterocycles. The zero-order chi connectivity index (χ0) is 19.8. The first-order valence-corrected chi connectivity index (χ1v) is 9.44. The molecule has 3 rings (SSSR count). The molecule has 2 aromatic rings. The Morgan fingerprint density at radius 3 is 1.96 bits per heavy atom. The van der Waals surface area contributed by atoms with E-state index in [2.05, 4.69) is 6.07 Å². The number of carbonyl (C=O) groups excluding carboxylic acids is 2. The third-order valence-electron chi connectivity index (χ3n) is 4.65. The monoisotopic (exact) mass is 374 g/mol. The molecule has 0 N–H and O–H groups in total. The van der Waals surface area contributed by atoms with E-state index in [9.17, 15) is 9.59 Å². The highest BCUT2D eigenvalue weighted by atomic mass is 16.5. The molecule has 0 spiro atoms. The molecule has 0 atom stereocenters. The van der Waals surface area contributed by atoms with Gasteiger partial charge in [0.15, 0.2) is 0 Å². The second kappa shape index (κ2) is 9.52. The number of benzene rings is 2. The van der Waals surface area contributed by atoms with E-state index in [0.29, 0.717) is 18.7 Å². The van der Waals surface area contributed by atoms with E-state index >= 15 is 0 Å². The molecule has 0 aliphatic carbocycles. The van der Waals surface area contributed by atoms with Gasteiger partial charge >= 0.3 is 0 Å². The van der Waals surface area contributed by atoms with Crippen LogP contribution in [0.5, 0.6) is 5.75 Å². The van der Waals surface area contributed by atoms with Gasteiger partial charge in [-0.3, -0.25) is 14.5 Å². The maximum Gasteiger partial charge on any atom is 0.253 e. The molecule has 0 fully saturated rings. The van der Waals surface area contributed by atoms with E-state index < -0.39 is 0 Å². The number of imide groups is 1. The predicted molar refractivity (Wildman–Crippen MR) is 106 cm³/mol. The minimum atomic E-state index is -0.210. The fourth-order valence-electron chi connectivity index (χ4n) is 3.05. The lowest BCUT2D eigenvalue weighted by atomic mass is 10.0. The van der Waals surface area contributed by atoms with Crippen molar-refractivity contribution in [3.63, 3.8) is 0 Å². The van der Waals surface area contributed by atoms with Crippen molar-refractivity contribution in [3.8, 4) is 22.9 Å². The van der Waals surface area contributed by atoms with Gasteiger partial charge in [-0.15, -0.1) is 0 Å². The topological polar surface area (TPSA) is 70.4 Å². The van der Waals surface area contributed by atoms with Crippen molar-refractivity contribution >= 4 is 11.8 Å². The van der Waals surface area contributed by atoms with Crippen molar-refractivity contribution in [3.05, 3.63) is 66.2 Å². The molecule has 0 radical (unpaired) electrons. The van der Waals surface area contributed by atoms with E-state index in [-0.39, 0.29) is 11.8 Å². The molecule has 142 valence electrons. The van der Waals surface area contributed by atoms with Gasteiger partial charge < -0.3 is 4.74 Å². The van der Waals surface area contributed by atoms with Crippen LogP contribution in [0.2, 0.25) is 0 Å². The van der Waals surface area contributed by atoms with E-state index in [1.54, 1.807) is 0 Å². The standard InChI is InChI=1S/C23H22N2O3/c24-17-18-5-7-19(8-6-18)20-9-11-21(12-10-20)28-16-4-2-1-3-15-25-22(26)13-14-23(25)27/h5-14H,1-4,15-16H2. The summed E-state index contributed by atoms with van der Waals surface area (Å²) in [6.45, 7) is 1.13. The fourth-order valence-corrected chi connectivity index (χ4v) is 3.05. The lowest BCUT2D eigenvalue weighted by Gasteiger charge is -2.13. The summed E-state index contributed by atoms with van der Waals surface area (Å²) in [4.78, 5) is 24.2. The van der Waals surface area contributed by atoms with Crippen LogP contribution in [0, 0.1) is 11.3 Å². The maximum absolute atomic E-state index is 11.4. The first-order chi connectivity index (χ1) is 13.7. The van der Waals surface area contributed by atoms with Crippen LogP contribution in [0.1, 0.15) is 31.2 Å². The van der Waals surface area contributed by atoms with Crippen molar-refractivity contribution in [2.45, 2.75) is 25.7 Å². The van der Waals surface area contributed by atoms with Crippen LogP contribution >= 0.6 is 0 Å². The molecule has 2 amide bonds. The second-order valence-corrected chi connectivity index (χ2v) is 6.64. The maximum atomic E-state index is 11.4. The Bertz CT molecular complexity index is 875. The summed E-state index contributed by atoms with van der Waals surface area (Å²) in [5.41, 5.74) is 2.80. The smallest absolute Gasteiger partial charge is 0.253 e. The van der Waals surface area contributed by atoms with E-state index in [1.807, 2.05) is 48.5 Å². The van der Waals surface area contributed by atoms with Crippen LogP contribution in [0.3, 0.4) is 0 Å². The van der Waals surface area contributed by atoms with Crippen molar-refractivity contribution in [2.24, 2.45) is 0 Å². The third-order valence-corrected chi connectivity index (χ3v) is 4.65. The molecule has 5 nitrogen and oxygen atoms in total. The number of nitrogens with zero attached hydrogens (tertiary/aromatic N) is 2. The Kier molecular flexibility index (Phi) is 6.59. The molecule has 0 saturated heterocycles. The van der Waals surface area contributed by atoms with Gasteiger partial charge in [-0.2, -0.15) is 5.26 Å². The Morgan fingerprint density at radius 2 is 1.36 bits per heavy atom. The highest BCUT2D eigenvalue weighted by Crippen LogP contribution is 2.23. The number of ether oxygens (including phenoxy) is 1. The molecular formula is C23H22N2O3. The molecule has 1 aliphatic heterocycles. The second-order valence-electron chi connectivity index (χ2n) is 6.64.